The van der Waals surface area contributed by atoms with Gasteiger partial charge < -0.3 is 16.2 Å². The smallest absolute Gasteiger partial charge is 0.223 e. The van der Waals surface area contributed by atoms with Crippen molar-refractivity contribution < 1.29 is 14.7 Å². The maximum absolute atomic E-state index is 11.6. The number of hydrogen-bond donors (Lipinski definition) is 3. The fourth-order valence-electron chi connectivity index (χ4n) is 2.48. The number of aliphatic hydroxyl groups excluding tert-OH is 1. The SMILES string of the molecule is NC(=O)C1(CCC(=O)NCCO)CCCCC1. The van der Waals surface area contributed by atoms with E-state index in [1.807, 2.05) is 0 Å². The van der Waals surface area contributed by atoms with Gasteiger partial charge in [0.15, 0.2) is 0 Å². The molecule has 1 saturated carbocycles. The Hall–Kier alpha value is -1.10. The fraction of sp³-hybridized carbons (Fsp3) is 0.833. The van der Waals surface area contributed by atoms with Crippen molar-refractivity contribution in [1.29, 1.82) is 0 Å². The summed E-state index contributed by atoms with van der Waals surface area (Å²) >= 11 is 0. The Morgan fingerprint density at radius 1 is 1.24 bits per heavy atom. The van der Waals surface area contributed by atoms with E-state index in [1.54, 1.807) is 0 Å². The lowest BCUT2D eigenvalue weighted by molar-refractivity contribution is -0.131. The third-order valence-electron chi connectivity index (χ3n) is 3.60. The van der Waals surface area contributed by atoms with Crippen molar-refractivity contribution in [3.05, 3.63) is 0 Å². The van der Waals surface area contributed by atoms with Gasteiger partial charge in [-0.1, -0.05) is 19.3 Å². The van der Waals surface area contributed by atoms with E-state index in [9.17, 15) is 9.59 Å². The molecule has 98 valence electrons. The Morgan fingerprint density at radius 3 is 2.41 bits per heavy atom. The van der Waals surface area contributed by atoms with Crippen molar-refractivity contribution in [2.45, 2.75) is 44.9 Å². The zero-order valence-electron chi connectivity index (χ0n) is 10.2. The van der Waals surface area contributed by atoms with Crippen LogP contribution in [0.4, 0.5) is 0 Å². The van der Waals surface area contributed by atoms with E-state index in [0.717, 1.165) is 32.1 Å². The molecule has 1 aliphatic rings. The average Bonchev–Trinajstić information content (AvgIpc) is 2.34. The first-order valence-corrected chi connectivity index (χ1v) is 6.28. The van der Waals surface area contributed by atoms with Gasteiger partial charge in [0.25, 0.3) is 0 Å². The molecule has 0 saturated heterocycles. The molecule has 0 aliphatic heterocycles. The zero-order chi connectivity index (χ0) is 12.7. The highest BCUT2D eigenvalue weighted by Crippen LogP contribution is 2.39. The van der Waals surface area contributed by atoms with Gasteiger partial charge in [-0.05, 0) is 19.3 Å². The third-order valence-corrected chi connectivity index (χ3v) is 3.60. The summed E-state index contributed by atoms with van der Waals surface area (Å²) in [4.78, 5) is 23.0. The van der Waals surface area contributed by atoms with Crippen LogP contribution in [0.15, 0.2) is 0 Å². The molecule has 17 heavy (non-hydrogen) atoms. The Bertz CT molecular complexity index is 273. The van der Waals surface area contributed by atoms with Gasteiger partial charge in [-0.15, -0.1) is 0 Å². The van der Waals surface area contributed by atoms with Crippen molar-refractivity contribution in [2.24, 2.45) is 11.1 Å². The van der Waals surface area contributed by atoms with Gasteiger partial charge in [0, 0.05) is 18.4 Å². The van der Waals surface area contributed by atoms with Crippen LogP contribution in [-0.2, 0) is 9.59 Å². The molecule has 0 aromatic rings. The summed E-state index contributed by atoms with van der Waals surface area (Å²) in [6, 6.07) is 0. The second kappa shape index (κ2) is 6.59. The molecule has 0 atom stereocenters. The molecule has 4 N–H and O–H groups in total. The zero-order valence-corrected chi connectivity index (χ0v) is 10.2. The molecule has 1 aliphatic carbocycles. The standard InChI is InChI=1S/C12H22N2O3/c13-11(17)12(5-2-1-3-6-12)7-4-10(16)14-8-9-15/h15H,1-9H2,(H2,13,17)(H,14,16). The normalized spacial score (nSPS) is 18.6. The molecule has 0 unspecified atom stereocenters. The van der Waals surface area contributed by atoms with E-state index in [2.05, 4.69) is 5.32 Å². The first-order chi connectivity index (χ1) is 8.10. The van der Waals surface area contributed by atoms with Gasteiger partial charge in [0.1, 0.15) is 0 Å². The van der Waals surface area contributed by atoms with Crippen LogP contribution in [0.25, 0.3) is 0 Å². The van der Waals surface area contributed by atoms with E-state index >= 15 is 0 Å². The maximum atomic E-state index is 11.6. The molecule has 1 rings (SSSR count). The number of nitrogens with one attached hydrogen (secondary N) is 1. The lowest BCUT2D eigenvalue weighted by Gasteiger charge is -2.34. The Balaban J connectivity index is 2.44. The van der Waals surface area contributed by atoms with Crippen molar-refractivity contribution in [3.8, 4) is 0 Å². The summed E-state index contributed by atoms with van der Waals surface area (Å²) in [5.74, 6) is -0.391. The molecular weight excluding hydrogens is 220 g/mol. The molecule has 0 spiro atoms. The van der Waals surface area contributed by atoms with Crippen molar-refractivity contribution in [2.75, 3.05) is 13.2 Å². The molecule has 0 radical (unpaired) electrons. The van der Waals surface area contributed by atoms with Crippen LogP contribution in [0.5, 0.6) is 0 Å². The minimum Gasteiger partial charge on any atom is -0.395 e. The van der Waals surface area contributed by atoms with E-state index < -0.39 is 5.41 Å². The summed E-state index contributed by atoms with van der Waals surface area (Å²) in [6.07, 6.45) is 5.61. The van der Waals surface area contributed by atoms with Crippen LogP contribution >= 0.6 is 0 Å². The fourth-order valence-corrected chi connectivity index (χ4v) is 2.48. The van der Waals surface area contributed by atoms with Crippen LogP contribution in [0.2, 0.25) is 0 Å². The number of carbonyl (C=O) groups is 2. The minimum absolute atomic E-state index is 0.0628. The van der Waals surface area contributed by atoms with E-state index in [1.165, 1.54) is 0 Å². The lowest BCUT2D eigenvalue weighted by Crippen LogP contribution is -2.40. The lowest BCUT2D eigenvalue weighted by atomic mass is 9.70. The quantitative estimate of drug-likeness (QED) is 0.626. The molecule has 0 aromatic carbocycles. The molecule has 5 nitrogen and oxygen atoms in total. The van der Waals surface area contributed by atoms with Gasteiger partial charge in [0.2, 0.25) is 11.8 Å². The van der Waals surface area contributed by atoms with Crippen molar-refractivity contribution in [1.82, 2.24) is 5.32 Å². The predicted molar refractivity (Wildman–Crippen MR) is 64.0 cm³/mol. The minimum atomic E-state index is -0.477. The number of rotatable bonds is 6. The summed E-state index contributed by atoms with van der Waals surface area (Å²) in [5, 5.41) is 11.2. The Labute approximate surface area is 102 Å². The number of hydrogen-bond acceptors (Lipinski definition) is 3. The number of primary amides is 1. The Morgan fingerprint density at radius 2 is 1.88 bits per heavy atom. The first kappa shape index (κ1) is 14.0. The number of amides is 2. The second-order valence-corrected chi connectivity index (χ2v) is 4.78. The van der Waals surface area contributed by atoms with Gasteiger partial charge in [-0.3, -0.25) is 9.59 Å². The van der Waals surface area contributed by atoms with Gasteiger partial charge in [-0.2, -0.15) is 0 Å². The largest absolute Gasteiger partial charge is 0.395 e. The molecule has 0 aromatic heterocycles. The van der Waals surface area contributed by atoms with Crippen molar-refractivity contribution in [3.63, 3.8) is 0 Å². The van der Waals surface area contributed by atoms with Gasteiger partial charge in [0.05, 0.1) is 6.61 Å². The second-order valence-electron chi connectivity index (χ2n) is 4.78. The van der Waals surface area contributed by atoms with E-state index in [0.29, 0.717) is 12.8 Å². The predicted octanol–water partition coefficient (Wildman–Crippen LogP) is 0.311. The van der Waals surface area contributed by atoms with Crippen LogP contribution < -0.4 is 11.1 Å². The van der Waals surface area contributed by atoms with E-state index in [-0.39, 0.29) is 25.0 Å². The highest BCUT2D eigenvalue weighted by Gasteiger charge is 2.37. The molecular formula is C12H22N2O3. The molecule has 2 amide bonds. The topological polar surface area (TPSA) is 92.4 Å². The average molecular weight is 242 g/mol. The maximum Gasteiger partial charge on any atom is 0.223 e. The monoisotopic (exact) mass is 242 g/mol. The summed E-state index contributed by atoms with van der Waals surface area (Å²) in [5.41, 5.74) is 5.00. The number of nitrogens with two attached hydrogens (primary N) is 1. The van der Waals surface area contributed by atoms with Crippen LogP contribution in [0.1, 0.15) is 44.9 Å². The van der Waals surface area contributed by atoms with Gasteiger partial charge >= 0.3 is 0 Å². The highest BCUT2D eigenvalue weighted by atomic mass is 16.3. The highest BCUT2D eigenvalue weighted by molar-refractivity contribution is 5.82. The van der Waals surface area contributed by atoms with Crippen LogP contribution in [0.3, 0.4) is 0 Å². The van der Waals surface area contributed by atoms with Crippen LogP contribution in [-0.4, -0.2) is 30.1 Å². The van der Waals surface area contributed by atoms with E-state index in [4.69, 9.17) is 10.8 Å². The Kier molecular flexibility index (Phi) is 5.41. The first-order valence-electron chi connectivity index (χ1n) is 6.28. The molecule has 5 heteroatoms. The molecule has 0 heterocycles. The summed E-state index contributed by atoms with van der Waals surface area (Å²) < 4.78 is 0. The van der Waals surface area contributed by atoms with Crippen LogP contribution in [0, 0.1) is 5.41 Å². The summed E-state index contributed by atoms with van der Waals surface area (Å²) in [7, 11) is 0. The number of carbonyl (C=O) groups excluding carboxylic acids is 2. The molecule has 0 bridgehead atoms. The van der Waals surface area contributed by atoms with Gasteiger partial charge in [-0.25, -0.2) is 0 Å². The van der Waals surface area contributed by atoms with Crippen molar-refractivity contribution >= 4 is 11.8 Å². The number of aliphatic hydroxyl groups is 1. The molecule has 1 fully saturated rings. The third kappa shape index (κ3) is 4.00. The summed E-state index contributed by atoms with van der Waals surface area (Å²) in [6.45, 7) is 0.203.